The SMILES string of the molecule is Nc1ccccc1OCCCn1ccc2ccccc21. The van der Waals surface area contributed by atoms with Crippen molar-refractivity contribution in [3.05, 3.63) is 60.8 Å². The van der Waals surface area contributed by atoms with Gasteiger partial charge in [-0.15, -0.1) is 0 Å². The lowest BCUT2D eigenvalue weighted by molar-refractivity contribution is 0.304. The van der Waals surface area contributed by atoms with Gasteiger partial charge in [-0.05, 0) is 36.1 Å². The van der Waals surface area contributed by atoms with Crippen molar-refractivity contribution in [2.75, 3.05) is 12.3 Å². The topological polar surface area (TPSA) is 40.2 Å². The van der Waals surface area contributed by atoms with E-state index in [2.05, 4.69) is 41.1 Å². The number of aryl methyl sites for hydroxylation is 1. The van der Waals surface area contributed by atoms with Crippen LogP contribution in [0.5, 0.6) is 5.75 Å². The van der Waals surface area contributed by atoms with Crippen molar-refractivity contribution in [3.8, 4) is 5.75 Å². The Hall–Kier alpha value is -2.42. The molecule has 0 spiro atoms. The van der Waals surface area contributed by atoms with Gasteiger partial charge in [-0.2, -0.15) is 0 Å². The molecule has 3 heteroatoms. The van der Waals surface area contributed by atoms with Crippen molar-refractivity contribution >= 4 is 16.6 Å². The molecular weight excluding hydrogens is 248 g/mol. The van der Waals surface area contributed by atoms with Gasteiger partial charge in [0.15, 0.2) is 0 Å². The predicted octanol–water partition coefficient (Wildman–Crippen LogP) is 3.69. The molecule has 0 atom stereocenters. The van der Waals surface area contributed by atoms with E-state index in [1.54, 1.807) is 0 Å². The minimum atomic E-state index is 0.667. The molecule has 0 aliphatic carbocycles. The van der Waals surface area contributed by atoms with Gasteiger partial charge >= 0.3 is 0 Å². The van der Waals surface area contributed by atoms with Gasteiger partial charge < -0.3 is 15.0 Å². The Morgan fingerprint density at radius 3 is 2.65 bits per heavy atom. The fourth-order valence-corrected chi connectivity index (χ4v) is 2.36. The van der Waals surface area contributed by atoms with Crippen LogP contribution >= 0.6 is 0 Å². The first-order valence-electron chi connectivity index (χ1n) is 6.86. The largest absolute Gasteiger partial charge is 0.491 e. The van der Waals surface area contributed by atoms with E-state index in [4.69, 9.17) is 10.5 Å². The molecule has 20 heavy (non-hydrogen) atoms. The zero-order chi connectivity index (χ0) is 13.8. The third kappa shape index (κ3) is 2.62. The summed E-state index contributed by atoms with van der Waals surface area (Å²) in [6.45, 7) is 1.61. The summed E-state index contributed by atoms with van der Waals surface area (Å²) in [5.74, 6) is 0.768. The highest BCUT2D eigenvalue weighted by atomic mass is 16.5. The third-order valence-corrected chi connectivity index (χ3v) is 3.40. The molecule has 0 bridgehead atoms. The molecule has 1 aromatic heterocycles. The first kappa shape index (κ1) is 12.6. The molecule has 0 fully saturated rings. The van der Waals surface area contributed by atoms with Crippen LogP contribution in [0.1, 0.15) is 6.42 Å². The summed E-state index contributed by atoms with van der Waals surface area (Å²) < 4.78 is 7.97. The minimum Gasteiger partial charge on any atom is -0.491 e. The maximum Gasteiger partial charge on any atom is 0.142 e. The standard InChI is InChI=1S/C17H18N2O/c18-15-7-2-4-9-17(15)20-13-5-11-19-12-10-14-6-1-3-8-16(14)19/h1-4,6-10,12H,5,11,13,18H2. The molecule has 0 saturated heterocycles. The van der Waals surface area contributed by atoms with E-state index in [1.807, 2.05) is 24.3 Å². The Bertz CT molecular complexity index is 703. The molecule has 1 heterocycles. The van der Waals surface area contributed by atoms with Gasteiger partial charge in [0.1, 0.15) is 5.75 Å². The van der Waals surface area contributed by atoms with Crippen LogP contribution in [-0.4, -0.2) is 11.2 Å². The summed E-state index contributed by atoms with van der Waals surface area (Å²) in [5, 5.41) is 1.28. The Kier molecular flexibility index (Phi) is 3.59. The van der Waals surface area contributed by atoms with Crippen molar-refractivity contribution < 1.29 is 4.74 Å². The van der Waals surface area contributed by atoms with Gasteiger partial charge in [0.05, 0.1) is 12.3 Å². The number of benzene rings is 2. The van der Waals surface area contributed by atoms with Crippen LogP contribution in [-0.2, 0) is 6.54 Å². The van der Waals surface area contributed by atoms with Gasteiger partial charge in [0, 0.05) is 18.3 Å². The summed E-state index contributed by atoms with van der Waals surface area (Å²) in [7, 11) is 0. The lowest BCUT2D eigenvalue weighted by Crippen LogP contribution is -2.04. The molecule has 0 saturated carbocycles. The number of anilines is 1. The van der Waals surface area contributed by atoms with Crippen LogP contribution in [0.3, 0.4) is 0 Å². The van der Waals surface area contributed by atoms with Crippen molar-refractivity contribution in [2.24, 2.45) is 0 Å². The second-order valence-electron chi connectivity index (χ2n) is 4.81. The quantitative estimate of drug-likeness (QED) is 0.565. The first-order chi connectivity index (χ1) is 9.84. The number of nitrogen functional groups attached to an aromatic ring is 1. The Balaban J connectivity index is 1.57. The summed E-state index contributed by atoms with van der Waals surface area (Å²) in [5.41, 5.74) is 7.81. The highest BCUT2D eigenvalue weighted by Gasteiger charge is 2.01. The van der Waals surface area contributed by atoms with E-state index in [1.165, 1.54) is 10.9 Å². The predicted molar refractivity (Wildman–Crippen MR) is 82.9 cm³/mol. The third-order valence-electron chi connectivity index (χ3n) is 3.40. The van der Waals surface area contributed by atoms with Crippen LogP contribution in [0.4, 0.5) is 5.69 Å². The zero-order valence-corrected chi connectivity index (χ0v) is 11.3. The molecule has 0 aliphatic rings. The smallest absolute Gasteiger partial charge is 0.142 e. The molecule has 102 valence electrons. The van der Waals surface area contributed by atoms with Gasteiger partial charge in [0.25, 0.3) is 0 Å². The second kappa shape index (κ2) is 5.70. The fourth-order valence-electron chi connectivity index (χ4n) is 2.36. The average Bonchev–Trinajstić information content (AvgIpc) is 2.89. The Morgan fingerprint density at radius 2 is 1.75 bits per heavy atom. The average molecular weight is 266 g/mol. The molecule has 0 aliphatic heterocycles. The molecular formula is C17H18N2O. The number of nitrogens with two attached hydrogens (primary N) is 1. The number of ether oxygens (including phenoxy) is 1. The van der Waals surface area contributed by atoms with E-state index in [-0.39, 0.29) is 0 Å². The maximum atomic E-state index is 5.84. The number of nitrogens with zero attached hydrogens (tertiary/aromatic N) is 1. The Morgan fingerprint density at radius 1 is 0.950 bits per heavy atom. The molecule has 0 unspecified atom stereocenters. The molecule has 2 aromatic carbocycles. The number of hydrogen-bond donors (Lipinski definition) is 1. The van der Waals surface area contributed by atoms with Crippen LogP contribution in [0.2, 0.25) is 0 Å². The minimum absolute atomic E-state index is 0.667. The highest BCUT2D eigenvalue weighted by Crippen LogP contribution is 2.20. The molecule has 0 radical (unpaired) electrons. The lowest BCUT2D eigenvalue weighted by atomic mass is 10.2. The normalized spacial score (nSPS) is 10.8. The van der Waals surface area contributed by atoms with Crippen molar-refractivity contribution in [1.29, 1.82) is 0 Å². The summed E-state index contributed by atoms with van der Waals surface area (Å²) in [6, 6.07) is 18.2. The van der Waals surface area contributed by atoms with E-state index >= 15 is 0 Å². The summed E-state index contributed by atoms with van der Waals surface area (Å²) >= 11 is 0. The lowest BCUT2D eigenvalue weighted by Gasteiger charge is -2.09. The number of fused-ring (bicyclic) bond motifs is 1. The molecule has 3 aromatic rings. The maximum absolute atomic E-state index is 5.84. The van der Waals surface area contributed by atoms with Crippen molar-refractivity contribution in [1.82, 2.24) is 4.57 Å². The second-order valence-corrected chi connectivity index (χ2v) is 4.81. The number of hydrogen-bond acceptors (Lipinski definition) is 2. The van der Waals surface area contributed by atoms with Gasteiger partial charge in [-0.1, -0.05) is 30.3 Å². The monoisotopic (exact) mass is 266 g/mol. The van der Waals surface area contributed by atoms with Crippen molar-refractivity contribution in [3.63, 3.8) is 0 Å². The van der Waals surface area contributed by atoms with Crippen LogP contribution in [0.15, 0.2) is 60.8 Å². The highest BCUT2D eigenvalue weighted by molar-refractivity contribution is 5.79. The number of aromatic nitrogens is 1. The van der Waals surface area contributed by atoms with Gasteiger partial charge in [0.2, 0.25) is 0 Å². The van der Waals surface area contributed by atoms with Crippen LogP contribution < -0.4 is 10.5 Å². The molecule has 0 amide bonds. The van der Waals surface area contributed by atoms with E-state index in [0.29, 0.717) is 12.3 Å². The number of rotatable bonds is 5. The molecule has 3 nitrogen and oxygen atoms in total. The van der Waals surface area contributed by atoms with Crippen LogP contribution in [0, 0.1) is 0 Å². The van der Waals surface area contributed by atoms with Gasteiger partial charge in [-0.25, -0.2) is 0 Å². The van der Waals surface area contributed by atoms with Crippen LogP contribution in [0.25, 0.3) is 10.9 Å². The van der Waals surface area contributed by atoms with E-state index in [9.17, 15) is 0 Å². The van der Waals surface area contributed by atoms with E-state index in [0.717, 1.165) is 18.7 Å². The summed E-state index contributed by atoms with van der Waals surface area (Å²) in [6.07, 6.45) is 3.08. The Labute approximate surface area is 118 Å². The fraction of sp³-hybridized carbons (Fsp3) is 0.176. The van der Waals surface area contributed by atoms with Crippen molar-refractivity contribution in [2.45, 2.75) is 13.0 Å². The first-order valence-corrected chi connectivity index (χ1v) is 6.86. The summed E-state index contributed by atoms with van der Waals surface area (Å²) in [4.78, 5) is 0. The molecule has 2 N–H and O–H groups in total. The number of para-hydroxylation sites is 3. The van der Waals surface area contributed by atoms with E-state index < -0.39 is 0 Å². The zero-order valence-electron chi connectivity index (χ0n) is 11.3. The van der Waals surface area contributed by atoms with Gasteiger partial charge in [-0.3, -0.25) is 0 Å². The molecule has 3 rings (SSSR count).